The van der Waals surface area contributed by atoms with Crippen molar-refractivity contribution < 1.29 is 0 Å². The van der Waals surface area contributed by atoms with Crippen LogP contribution in [0.4, 0.5) is 0 Å². The standard InChI is InChI=1S/C15H20N2/c1-9-7-6-8-10-11(9)17-13(16-10)12-14(2,3)15(12,4)5/h6-8,12H,1-5H3,(H,16,17). The van der Waals surface area contributed by atoms with Crippen molar-refractivity contribution in [3.05, 3.63) is 29.6 Å². The number of nitrogens with one attached hydrogen (secondary N) is 1. The van der Waals surface area contributed by atoms with Gasteiger partial charge in [-0.25, -0.2) is 4.98 Å². The highest BCUT2D eigenvalue weighted by Gasteiger charge is 2.66. The number of hydrogen-bond donors (Lipinski definition) is 1. The second-order valence-corrected chi connectivity index (χ2v) is 6.47. The molecule has 2 nitrogen and oxygen atoms in total. The molecule has 2 heteroatoms. The minimum absolute atomic E-state index is 0.342. The SMILES string of the molecule is Cc1cccc2[nH]c(C3C(C)(C)C3(C)C)nc12. The van der Waals surface area contributed by atoms with Crippen LogP contribution in [0.25, 0.3) is 11.0 Å². The number of hydrogen-bond acceptors (Lipinski definition) is 1. The lowest BCUT2D eigenvalue weighted by atomic mass is 10.0. The number of imidazole rings is 1. The Morgan fingerprint density at radius 3 is 2.29 bits per heavy atom. The zero-order valence-corrected chi connectivity index (χ0v) is 11.3. The van der Waals surface area contributed by atoms with Crippen molar-refractivity contribution in [2.24, 2.45) is 10.8 Å². The van der Waals surface area contributed by atoms with Gasteiger partial charge in [0.1, 0.15) is 5.82 Å². The molecule has 0 aliphatic heterocycles. The number of aromatic amines is 1. The van der Waals surface area contributed by atoms with Crippen LogP contribution in [0.15, 0.2) is 18.2 Å². The Hall–Kier alpha value is -1.31. The van der Waals surface area contributed by atoms with E-state index in [9.17, 15) is 0 Å². The van der Waals surface area contributed by atoms with Crippen LogP contribution in [-0.4, -0.2) is 9.97 Å². The molecule has 1 aromatic heterocycles. The Labute approximate surface area is 102 Å². The van der Waals surface area contributed by atoms with Crippen molar-refractivity contribution in [1.29, 1.82) is 0 Å². The third-order valence-electron chi connectivity index (χ3n) is 5.03. The Morgan fingerprint density at radius 1 is 1.12 bits per heavy atom. The molecule has 1 aromatic carbocycles. The van der Waals surface area contributed by atoms with E-state index in [1.54, 1.807) is 0 Å². The number of fused-ring (bicyclic) bond motifs is 1. The first kappa shape index (κ1) is 10.8. The van der Waals surface area contributed by atoms with Gasteiger partial charge in [-0.2, -0.15) is 0 Å². The lowest BCUT2D eigenvalue weighted by molar-refractivity contribution is 0.457. The zero-order chi connectivity index (χ0) is 12.4. The molecule has 0 spiro atoms. The summed E-state index contributed by atoms with van der Waals surface area (Å²) in [6.45, 7) is 11.4. The van der Waals surface area contributed by atoms with Crippen LogP contribution < -0.4 is 0 Å². The number of aromatic nitrogens is 2. The van der Waals surface area contributed by atoms with E-state index in [2.05, 4.69) is 57.8 Å². The molecule has 0 bridgehead atoms. The Kier molecular flexibility index (Phi) is 1.86. The van der Waals surface area contributed by atoms with Crippen LogP contribution in [0.2, 0.25) is 0 Å². The van der Waals surface area contributed by atoms with Crippen LogP contribution in [0, 0.1) is 17.8 Å². The van der Waals surface area contributed by atoms with Crippen LogP contribution in [0.5, 0.6) is 0 Å². The van der Waals surface area contributed by atoms with Gasteiger partial charge in [-0.3, -0.25) is 0 Å². The molecule has 1 fully saturated rings. The lowest BCUT2D eigenvalue weighted by Crippen LogP contribution is -1.95. The molecule has 1 aliphatic rings. The third-order valence-corrected chi connectivity index (χ3v) is 5.03. The molecular weight excluding hydrogens is 208 g/mol. The largest absolute Gasteiger partial charge is 0.342 e. The Morgan fingerprint density at radius 2 is 1.76 bits per heavy atom. The molecule has 1 N–H and O–H groups in total. The van der Waals surface area contributed by atoms with Crippen molar-refractivity contribution >= 4 is 11.0 Å². The second kappa shape index (κ2) is 2.92. The number of aryl methyl sites for hydroxylation is 1. The summed E-state index contributed by atoms with van der Waals surface area (Å²) in [6.07, 6.45) is 0. The summed E-state index contributed by atoms with van der Waals surface area (Å²) in [5, 5.41) is 0. The summed E-state index contributed by atoms with van der Waals surface area (Å²) in [5.74, 6) is 1.70. The predicted molar refractivity (Wildman–Crippen MR) is 71.1 cm³/mol. The lowest BCUT2D eigenvalue weighted by Gasteiger charge is -2.03. The molecule has 1 heterocycles. The fourth-order valence-electron chi connectivity index (χ4n) is 3.21. The van der Waals surface area contributed by atoms with Crippen molar-refractivity contribution in [3.63, 3.8) is 0 Å². The third kappa shape index (κ3) is 1.24. The van der Waals surface area contributed by atoms with E-state index in [-0.39, 0.29) is 0 Å². The number of para-hydroxylation sites is 1. The molecule has 0 amide bonds. The van der Waals surface area contributed by atoms with Gasteiger partial charge in [0.05, 0.1) is 11.0 Å². The number of nitrogens with zero attached hydrogens (tertiary/aromatic N) is 1. The van der Waals surface area contributed by atoms with Crippen molar-refractivity contribution in [2.45, 2.75) is 40.5 Å². The maximum absolute atomic E-state index is 4.81. The first-order chi connectivity index (χ1) is 7.85. The van der Waals surface area contributed by atoms with Crippen LogP contribution in [0.1, 0.15) is 45.0 Å². The van der Waals surface area contributed by atoms with E-state index < -0.39 is 0 Å². The van der Waals surface area contributed by atoms with Crippen LogP contribution in [0.3, 0.4) is 0 Å². The molecule has 0 saturated heterocycles. The average molecular weight is 228 g/mol. The van der Waals surface area contributed by atoms with Crippen molar-refractivity contribution in [3.8, 4) is 0 Å². The predicted octanol–water partition coefficient (Wildman–Crippen LogP) is 4.02. The number of benzene rings is 1. The quantitative estimate of drug-likeness (QED) is 0.784. The minimum atomic E-state index is 0.342. The van der Waals surface area contributed by atoms with Gasteiger partial charge in [0.15, 0.2) is 0 Å². The average Bonchev–Trinajstić information content (AvgIpc) is 2.59. The molecular formula is C15H20N2. The molecule has 1 saturated carbocycles. The molecule has 0 radical (unpaired) electrons. The van der Waals surface area contributed by atoms with Gasteiger partial charge in [0.2, 0.25) is 0 Å². The monoisotopic (exact) mass is 228 g/mol. The van der Waals surface area contributed by atoms with Gasteiger partial charge < -0.3 is 4.98 Å². The van der Waals surface area contributed by atoms with Gasteiger partial charge in [-0.15, -0.1) is 0 Å². The maximum Gasteiger partial charge on any atom is 0.111 e. The Balaban J connectivity index is 2.13. The summed E-state index contributed by atoms with van der Waals surface area (Å²) in [7, 11) is 0. The minimum Gasteiger partial charge on any atom is -0.342 e. The van der Waals surface area contributed by atoms with Crippen molar-refractivity contribution in [2.75, 3.05) is 0 Å². The summed E-state index contributed by atoms with van der Waals surface area (Å²) < 4.78 is 0. The van der Waals surface area contributed by atoms with Crippen LogP contribution in [-0.2, 0) is 0 Å². The fourth-order valence-corrected chi connectivity index (χ4v) is 3.21. The van der Waals surface area contributed by atoms with Gasteiger partial charge in [0.25, 0.3) is 0 Å². The van der Waals surface area contributed by atoms with E-state index in [1.165, 1.54) is 11.1 Å². The molecule has 2 aromatic rings. The Bertz CT molecular complexity index is 576. The van der Waals surface area contributed by atoms with E-state index in [0.29, 0.717) is 16.7 Å². The highest BCUT2D eigenvalue weighted by atomic mass is 15.0. The molecule has 1 aliphatic carbocycles. The summed E-state index contributed by atoms with van der Waals surface area (Å²) in [5.41, 5.74) is 4.23. The molecule has 17 heavy (non-hydrogen) atoms. The first-order valence-electron chi connectivity index (χ1n) is 6.31. The van der Waals surface area contributed by atoms with E-state index in [0.717, 1.165) is 11.3 Å². The van der Waals surface area contributed by atoms with Gasteiger partial charge in [-0.1, -0.05) is 39.8 Å². The zero-order valence-electron chi connectivity index (χ0n) is 11.3. The van der Waals surface area contributed by atoms with Crippen LogP contribution >= 0.6 is 0 Å². The van der Waals surface area contributed by atoms with Gasteiger partial charge in [0, 0.05) is 5.92 Å². The van der Waals surface area contributed by atoms with E-state index in [4.69, 9.17) is 4.98 Å². The topological polar surface area (TPSA) is 28.7 Å². The smallest absolute Gasteiger partial charge is 0.111 e. The molecule has 0 atom stereocenters. The highest BCUT2D eigenvalue weighted by molar-refractivity contribution is 5.78. The summed E-state index contributed by atoms with van der Waals surface area (Å²) in [4.78, 5) is 8.31. The van der Waals surface area contributed by atoms with Gasteiger partial charge in [-0.05, 0) is 29.4 Å². The molecule has 90 valence electrons. The second-order valence-electron chi connectivity index (χ2n) is 6.47. The normalized spacial score (nSPS) is 21.9. The van der Waals surface area contributed by atoms with Gasteiger partial charge >= 0.3 is 0 Å². The number of rotatable bonds is 1. The molecule has 0 unspecified atom stereocenters. The summed E-state index contributed by atoms with van der Waals surface area (Å²) in [6, 6.07) is 6.32. The number of H-pyrrole nitrogens is 1. The van der Waals surface area contributed by atoms with E-state index in [1.807, 2.05) is 0 Å². The van der Waals surface area contributed by atoms with E-state index >= 15 is 0 Å². The molecule has 3 rings (SSSR count). The highest BCUT2D eigenvalue weighted by Crippen LogP contribution is 2.73. The van der Waals surface area contributed by atoms with Crippen molar-refractivity contribution in [1.82, 2.24) is 9.97 Å². The maximum atomic E-state index is 4.81. The fraction of sp³-hybridized carbons (Fsp3) is 0.533. The summed E-state index contributed by atoms with van der Waals surface area (Å²) >= 11 is 0. The first-order valence-corrected chi connectivity index (χ1v) is 6.31.